The second-order valence-electron chi connectivity index (χ2n) is 6.14. The van der Waals surface area contributed by atoms with Crippen molar-refractivity contribution in [2.45, 2.75) is 25.7 Å². The summed E-state index contributed by atoms with van der Waals surface area (Å²) in [5.74, 6) is 1.05. The molecule has 0 spiro atoms. The van der Waals surface area contributed by atoms with Crippen LogP contribution < -0.4 is 0 Å². The molecule has 0 aliphatic heterocycles. The first kappa shape index (κ1) is 16.1. The van der Waals surface area contributed by atoms with Crippen LogP contribution in [0.4, 0.5) is 0 Å². The molecule has 2 heteroatoms. The van der Waals surface area contributed by atoms with E-state index in [1.807, 2.05) is 24.3 Å². The van der Waals surface area contributed by atoms with E-state index in [2.05, 4.69) is 31.2 Å². The molecule has 0 aromatic heterocycles. The minimum absolute atomic E-state index is 0.287. The molecule has 2 N–H and O–H groups in total. The van der Waals surface area contributed by atoms with Crippen LogP contribution in [0.15, 0.2) is 72.8 Å². The van der Waals surface area contributed by atoms with Crippen LogP contribution in [0, 0.1) is 0 Å². The van der Waals surface area contributed by atoms with Gasteiger partial charge in [0.05, 0.1) is 0 Å². The summed E-state index contributed by atoms with van der Waals surface area (Å²) in [6.07, 6.45) is 2.04. The fraction of sp³-hybridized carbons (Fsp3) is 0.182. The highest BCUT2D eigenvalue weighted by Crippen LogP contribution is 2.27. The largest absolute Gasteiger partial charge is 0.508 e. The van der Waals surface area contributed by atoms with Gasteiger partial charge in [-0.1, -0.05) is 55.5 Å². The zero-order valence-electron chi connectivity index (χ0n) is 13.8. The molecule has 24 heavy (non-hydrogen) atoms. The molecule has 0 bridgehead atoms. The van der Waals surface area contributed by atoms with Gasteiger partial charge in [0.15, 0.2) is 0 Å². The molecule has 1 unspecified atom stereocenters. The summed E-state index contributed by atoms with van der Waals surface area (Å²) in [6.45, 7) is 2.20. The van der Waals surface area contributed by atoms with Crippen LogP contribution in [0.1, 0.15) is 30.4 Å². The minimum Gasteiger partial charge on any atom is -0.508 e. The number of hydrogen-bond donors (Lipinski definition) is 2. The molecule has 0 aliphatic rings. The topological polar surface area (TPSA) is 40.5 Å². The lowest BCUT2D eigenvalue weighted by Gasteiger charge is -2.16. The van der Waals surface area contributed by atoms with E-state index in [0.717, 1.165) is 24.0 Å². The Morgan fingerprint density at radius 3 is 1.62 bits per heavy atom. The van der Waals surface area contributed by atoms with Gasteiger partial charge in [0.2, 0.25) is 0 Å². The maximum Gasteiger partial charge on any atom is 0.115 e. The summed E-state index contributed by atoms with van der Waals surface area (Å²) in [6, 6.07) is 23.4. The summed E-state index contributed by atoms with van der Waals surface area (Å²) in [7, 11) is 0. The molecule has 0 radical (unpaired) electrons. The van der Waals surface area contributed by atoms with Crippen molar-refractivity contribution in [3.8, 4) is 22.6 Å². The molecule has 1 atom stereocenters. The maximum atomic E-state index is 9.44. The Hall–Kier alpha value is -2.74. The fourth-order valence-corrected chi connectivity index (χ4v) is 3.02. The lowest BCUT2D eigenvalue weighted by Crippen LogP contribution is -2.01. The van der Waals surface area contributed by atoms with E-state index < -0.39 is 0 Å². The van der Waals surface area contributed by atoms with Crippen molar-refractivity contribution >= 4 is 0 Å². The van der Waals surface area contributed by atoms with Crippen LogP contribution >= 0.6 is 0 Å². The zero-order valence-corrected chi connectivity index (χ0v) is 13.8. The lowest BCUT2D eigenvalue weighted by molar-refractivity contribution is 0.474. The Balaban J connectivity index is 1.75. The second-order valence-corrected chi connectivity index (χ2v) is 6.14. The Bertz CT molecular complexity index is 772. The van der Waals surface area contributed by atoms with Crippen molar-refractivity contribution in [2.75, 3.05) is 0 Å². The summed E-state index contributed by atoms with van der Waals surface area (Å²) in [5.41, 5.74) is 4.82. The fourth-order valence-electron chi connectivity index (χ4n) is 3.02. The van der Waals surface area contributed by atoms with Gasteiger partial charge in [-0.25, -0.2) is 0 Å². The predicted molar refractivity (Wildman–Crippen MR) is 98.4 cm³/mol. The minimum atomic E-state index is 0.287. The van der Waals surface area contributed by atoms with E-state index >= 15 is 0 Å². The molecule has 3 aromatic carbocycles. The van der Waals surface area contributed by atoms with Gasteiger partial charge in [-0.2, -0.15) is 0 Å². The summed E-state index contributed by atoms with van der Waals surface area (Å²) >= 11 is 0. The van der Waals surface area contributed by atoms with E-state index in [0.29, 0.717) is 11.7 Å². The van der Waals surface area contributed by atoms with Crippen LogP contribution in [-0.4, -0.2) is 10.2 Å². The zero-order chi connectivity index (χ0) is 16.9. The quantitative estimate of drug-likeness (QED) is 0.652. The van der Waals surface area contributed by atoms with Crippen LogP contribution in [0.5, 0.6) is 11.5 Å². The molecule has 0 heterocycles. The van der Waals surface area contributed by atoms with Crippen molar-refractivity contribution in [3.05, 3.63) is 83.9 Å². The molecule has 0 fully saturated rings. The molecule has 2 nitrogen and oxygen atoms in total. The van der Waals surface area contributed by atoms with Gasteiger partial charge in [-0.05, 0) is 65.3 Å². The predicted octanol–water partition coefficient (Wildman–Crippen LogP) is 5.50. The van der Waals surface area contributed by atoms with Crippen molar-refractivity contribution < 1.29 is 10.2 Å². The van der Waals surface area contributed by atoms with Crippen LogP contribution in [0.3, 0.4) is 0 Å². The number of hydrogen-bond acceptors (Lipinski definition) is 2. The van der Waals surface area contributed by atoms with E-state index in [1.165, 1.54) is 11.1 Å². The second kappa shape index (κ2) is 7.22. The van der Waals surface area contributed by atoms with Gasteiger partial charge < -0.3 is 10.2 Å². The van der Waals surface area contributed by atoms with Crippen molar-refractivity contribution in [1.82, 2.24) is 0 Å². The Morgan fingerprint density at radius 1 is 0.667 bits per heavy atom. The summed E-state index contributed by atoms with van der Waals surface area (Å²) < 4.78 is 0. The monoisotopic (exact) mass is 318 g/mol. The average Bonchev–Trinajstić information content (AvgIpc) is 2.62. The van der Waals surface area contributed by atoms with Gasteiger partial charge in [0.25, 0.3) is 0 Å². The average molecular weight is 318 g/mol. The third kappa shape index (κ3) is 3.77. The molecule has 0 aliphatic carbocycles. The van der Waals surface area contributed by atoms with Crippen molar-refractivity contribution in [3.63, 3.8) is 0 Å². The van der Waals surface area contributed by atoms with Gasteiger partial charge in [0.1, 0.15) is 11.5 Å². The molecule has 0 saturated carbocycles. The number of phenolic OH excluding ortho intramolecular Hbond substituents is 2. The van der Waals surface area contributed by atoms with E-state index in [-0.39, 0.29) is 5.75 Å². The molecular weight excluding hydrogens is 296 g/mol. The number of benzene rings is 3. The third-order valence-electron chi connectivity index (χ3n) is 4.49. The molecule has 122 valence electrons. The molecule has 0 saturated heterocycles. The highest BCUT2D eigenvalue weighted by atomic mass is 16.3. The third-order valence-corrected chi connectivity index (χ3v) is 4.49. The van der Waals surface area contributed by atoms with Crippen LogP contribution in [0.2, 0.25) is 0 Å². The van der Waals surface area contributed by atoms with Crippen molar-refractivity contribution in [2.24, 2.45) is 0 Å². The maximum absolute atomic E-state index is 9.44. The lowest BCUT2D eigenvalue weighted by atomic mass is 9.89. The van der Waals surface area contributed by atoms with Gasteiger partial charge in [-0.3, -0.25) is 0 Å². The molecule has 3 rings (SSSR count). The van der Waals surface area contributed by atoms with E-state index in [9.17, 15) is 10.2 Å². The van der Waals surface area contributed by atoms with E-state index in [4.69, 9.17) is 0 Å². The summed E-state index contributed by atoms with van der Waals surface area (Å²) in [4.78, 5) is 0. The van der Waals surface area contributed by atoms with Gasteiger partial charge in [0, 0.05) is 0 Å². The first-order valence-electron chi connectivity index (χ1n) is 8.33. The van der Waals surface area contributed by atoms with E-state index in [1.54, 1.807) is 24.3 Å². The number of rotatable bonds is 5. The normalized spacial score (nSPS) is 12.0. The molecular formula is C22H22O2. The Labute approximate surface area is 143 Å². The first-order valence-corrected chi connectivity index (χ1v) is 8.33. The highest BCUT2D eigenvalue weighted by Gasteiger charge is 2.10. The molecule has 3 aromatic rings. The Morgan fingerprint density at radius 2 is 1.12 bits per heavy atom. The van der Waals surface area contributed by atoms with Gasteiger partial charge in [-0.15, -0.1) is 0 Å². The molecule has 0 amide bonds. The SMILES string of the molecule is CCC(Cc1ccc(-c2ccc(O)cc2)cc1)c1ccc(O)cc1. The number of phenols is 2. The number of aromatic hydroxyl groups is 2. The highest BCUT2D eigenvalue weighted by molar-refractivity contribution is 5.64. The smallest absolute Gasteiger partial charge is 0.115 e. The van der Waals surface area contributed by atoms with Gasteiger partial charge >= 0.3 is 0 Å². The first-order chi connectivity index (χ1) is 11.7. The van der Waals surface area contributed by atoms with Crippen LogP contribution in [0.25, 0.3) is 11.1 Å². The van der Waals surface area contributed by atoms with Crippen molar-refractivity contribution in [1.29, 1.82) is 0 Å². The standard InChI is InChI=1S/C22H22O2/c1-2-17(18-7-11-21(23)12-8-18)15-16-3-5-19(6-4-16)20-9-13-22(24)14-10-20/h3-14,17,23-24H,2,15H2,1H3. The van der Waals surface area contributed by atoms with Crippen LogP contribution in [-0.2, 0) is 6.42 Å². The summed E-state index contributed by atoms with van der Waals surface area (Å²) in [5, 5.41) is 18.8. The Kier molecular flexibility index (Phi) is 4.85.